The van der Waals surface area contributed by atoms with E-state index >= 15 is 0 Å². The zero-order valence-electron chi connectivity index (χ0n) is 12.5. The van der Waals surface area contributed by atoms with E-state index in [0.29, 0.717) is 11.1 Å². The number of benzene rings is 1. The van der Waals surface area contributed by atoms with Gasteiger partial charge in [-0.1, -0.05) is 20.8 Å². The molecule has 3 N–H and O–H groups in total. The second kappa shape index (κ2) is 4.93. The first-order valence-electron chi connectivity index (χ1n) is 6.35. The highest BCUT2D eigenvalue weighted by molar-refractivity contribution is 5.59. The minimum Gasteiger partial charge on any atom is -0.504 e. The SMILES string of the molecule is CC(C)(C)Oc1cc(CO)c(C(C)(C)C)c(O)c1O. The highest BCUT2D eigenvalue weighted by Gasteiger charge is 2.28. The Balaban J connectivity index is 3.46. The van der Waals surface area contributed by atoms with E-state index in [-0.39, 0.29) is 29.3 Å². The minimum atomic E-state index is -0.500. The van der Waals surface area contributed by atoms with Crippen LogP contribution in [0.15, 0.2) is 6.07 Å². The van der Waals surface area contributed by atoms with Crippen LogP contribution in [0.2, 0.25) is 0 Å². The Hall–Kier alpha value is -1.42. The van der Waals surface area contributed by atoms with Gasteiger partial charge in [-0.2, -0.15) is 0 Å². The Labute approximate surface area is 114 Å². The maximum Gasteiger partial charge on any atom is 0.200 e. The summed E-state index contributed by atoms with van der Waals surface area (Å²) in [4.78, 5) is 0. The van der Waals surface area contributed by atoms with Crippen molar-refractivity contribution < 1.29 is 20.1 Å². The van der Waals surface area contributed by atoms with Crippen LogP contribution in [-0.4, -0.2) is 20.9 Å². The summed E-state index contributed by atoms with van der Waals surface area (Å²) in [5.41, 5.74) is 0.204. The molecular formula is C15H24O4. The lowest BCUT2D eigenvalue weighted by molar-refractivity contribution is 0.124. The van der Waals surface area contributed by atoms with E-state index in [0.717, 1.165) is 0 Å². The van der Waals surface area contributed by atoms with Gasteiger partial charge in [0.25, 0.3) is 0 Å². The number of aliphatic hydroxyl groups excluding tert-OH is 1. The van der Waals surface area contributed by atoms with Crippen LogP contribution in [0.1, 0.15) is 52.7 Å². The molecule has 0 radical (unpaired) electrons. The standard InChI is InChI=1S/C15H24O4/c1-14(2,3)11-9(8-16)7-10(12(17)13(11)18)19-15(4,5)6/h7,16-18H,8H2,1-6H3. The number of phenolic OH excluding ortho intramolecular Hbond substituents is 2. The summed E-state index contributed by atoms with van der Waals surface area (Å²) >= 11 is 0. The third-order valence-electron chi connectivity index (χ3n) is 2.66. The lowest BCUT2D eigenvalue weighted by Crippen LogP contribution is -2.23. The number of ether oxygens (including phenoxy) is 1. The molecule has 108 valence electrons. The first kappa shape index (κ1) is 15.6. The number of hydrogen-bond acceptors (Lipinski definition) is 4. The number of phenols is 2. The fraction of sp³-hybridized carbons (Fsp3) is 0.600. The van der Waals surface area contributed by atoms with Crippen LogP contribution in [0.5, 0.6) is 17.2 Å². The molecular weight excluding hydrogens is 244 g/mol. The van der Waals surface area contributed by atoms with Gasteiger partial charge in [0.15, 0.2) is 11.5 Å². The fourth-order valence-corrected chi connectivity index (χ4v) is 2.06. The van der Waals surface area contributed by atoms with Crippen LogP contribution in [0.4, 0.5) is 0 Å². The first-order chi connectivity index (χ1) is 8.47. The number of aliphatic hydroxyl groups is 1. The number of hydrogen-bond donors (Lipinski definition) is 3. The van der Waals surface area contributed by atoms with E-state index in [1.165, 1.54) is 0 Å². The highest BCUT2D eigenvalue weighted by Crippen LogP contribution is 2.46. The molecule has 0 bridgehead atoms. The van der Waals surface area contributed by atoms with Gasteiger partial charge in [-0.25, -0.2) is 0 Å². The molecule has 0 atom stereocenters. The van der Waals surface area contributed by atoms with E-state index in [9.17, 15) is 15.3 Å². The highest BCUT2D eigenvalue weighted by atomic mass is 16.5. The van der Waals surface area contributed by atoms with Gasteiger partial charge in [0.1, 0.15) is 5.60 Å². The summed E-state index contributed by atoms with van der Waals surface area (Å²) in [5.74, 6) is -0.322. The van der Waals surface area contributed by atoms with Gasteiger partial charge in [-0.3, -0.25) is 0 Å². The molecule has 1 aromatic carbocycles. The third-order valence-corrected chi connectivity index (χ3v) is 2.66. The predicted octanol–water partition coefficient (Wildman–Crippen LogP) is 3.06. The Morgan fingerprint density at radius 1 is 1.00 bits per heavy atom. The molecule has 1 rings (SSSR count). The molecule has 1 aromatic rings. The summed E-state index contributed by atoms with van der Waals surface area (Å²) in [6.07, 6.45) is 0. The van der Waals surface area contributed by atoms with E-state index in [1.54, 1.807) is 6.07 Å². The van der Waals surface area contributed by atoms with Crippen LogP contribution in [0.25, 0.3) is 0 Å². The molecule has 0 fully saturated rings. The van der Waals surface area contributed by atoms with Crippen molar-refractivity contribution in [3.8, 4) is 17.2 Å². The van der Waals surface area contributed by atoms with Gasteiger partial charge < -0.3 is 20.1 Å². The molecule has 0 aromatic heterocycles. The van der Waals surface area contributed by atoms with Crippen LogP contribution in [0, 0.1) is 0 Å². The lowest BCUT2D eigenvalue weighted by Gasteiger charge is -2.27. The van der Waals surface area contributed by atoms with E-state index in [4.69, 9.17) is 4.74 Å². The van der Waals surface area contributed by atoms with Crippen molar-refractivity contribution in [1.82, 2.24) is 0 Å². The molecule has 4 heteroatoms. The van der Waals surface area contributed by atoms with Crippen LogP contribution in [0.3, 0.4) is 0 Å². The molecule has 0 saturated heterocycles. The zero-order valence-corrected chi connectivity index (χ0v) is 12.5. The van der Waals surface area contributed by atoms with Gasteiger partial charge in [0.05, 0.1) is 6.61 Å². The maximum atomic E-state index is 10.2. The Morgan fingerprint density at radius 2 is 1.53 bits per heavy atom. The van der Waals surface area contributed by atoms with Crippen molar-refractivity contribution >= 4 is 0 Å². The zero-order chi connectivity index (χ0) is 15.0. The quantitative estimate of drug-likeness (QED) is 0.721. The monoisotopic (exact) mass is 268 g/mol. The second-order valence-electron chi connectivity index (χ2n) is 6.73. The van der Waals surface area contributed by atoms with Gasteiger partial charge >= 0.3 is 0 Å². The van der Waals surface area contributed by atoms with Gasteiger partial charge in [-0.15, -0.1) is 0 Å². The van der Waals surface area contributed by atoms with Crippen molar-refractivity contribution in [3.05, 3.63) is 17.2 Å². The minimum absolute atomic E-state index is 0.182. The van der Waals surface area contributed by atoms with Crippen LogP contribution in [-0.2, 0) is 12.0 Å². The molecule has 0 saturated carbocycles. The average Bonchev–Trinajstić information content (AvgIpc) is 2.20. The molecule has 19 heavy (non-hydrogen) atoms. The smallest absolute Gasteiger partial charge is 0.200 e. The van der Waals surface area contributed by atoms with Crippen molar-refractivity contribution in [2.45, 2.75) is 59.2 Å². The van der Waals surface area contributed by atoms with Crippen molar-refractivity contribution in [1.29, 1.82) is 0 Å². The first-order valence-corrected chi connectivity index (χ1v) is 6.35. The van der Waals surface area contributed by atoms with Crippen molar-refractivity contribution in [2.75, 3.05) is 0 Å². The average molecular weight is 268 g/mol. The van der Waals surface area contributed by atoms with Crippen molar-refractivity contribution in [3.63, 3.8) is 0 Å². The molecule has 0 amide bonds. The maximum absolute atomic E-state index is 10.2. The Kier molecular flexibility index (Phi) is 4.06. The summed E-state index contributed by atoms with van der Waals surface area (Å²) < 4.78 is 5.60. The summed E-state index contributed by atoms with van der Waals surface area (Å²) in [6, 6.07) is 1.58. The summed E-state index contributed by atoms with van der Waals surface area (Å²) in [7, 11) is 0. The molecule has 0 aliphatic rings. The molecule has 0 aliphatic heterocycles. The van der Waals surface area contributed by atoms with E-state index in [2.05, 4.69) is 0 Å². The van der Waals surface area contributed by atoms with Crippen LogP contribution >= 0.6 is 0 Å². The van der Waals surface area contributed by atoms with Gasteiger partial charge in [-0.05, 0) is 37.8 Å². The van der Waals surface area contributed by atoms with Crippen molar-refractivity contribution in [2.24, 2.45) is 0 Å². The largest absolute Gasteiger partial charge is 0.504 e. The predicted molar refractivity (Wildman–Crippen MR) is 74.8 cm³/mol. The normalized spacial score (nSPS) is 12.6. The van der Waals surface area contributed by atoms with Crippen LogP contribution < -0.4 is 4.74 Å². The number of aromatic hydroxyl groups is 2. The second-order valence-corrected chi connectivity index (χ2v) is 6.73. The van der Waals surface area contributed by atoms with Gasteiger partial charge in [0.2, 0.25) is 5.75 Å². The summed E-state index contributed by atoms with van der Waals surface area (Å²) in [6.45, 7) is 11.0. The Morgan fingerprint density at radius 3 is 1.89 bits per heavy atom. The summed E-state index contributed by atoms with van der Waals surface area (Å²) in [5, 5.41) is 29.7. The molecule has 0 aliphatic carbocycles. The number of rotatable bonds is 2. The topological polar surface area (TPSA) is 69.9 Å². The molecule has 4 nitrogen and oxygen atoms in total. The van der Waals surface area contributed by atoms with E-state index < -0.39 is 5.60 Å². The van der Waals surface area contributed by atoms with Gasteiger partial charge in [0, 0.05) is 5.56 Å². The third kappa shape index (κ3) is 3.53. The van der Waals surface area contributed by atoms with E-state index in [1.807, 2.05) is 41.5 Å². The fourth-order valence-electron chi connectivity index (χ4n) is 2.06. The molecule has 0 heterocycles. The molecule has 0 unspecified atom stereocenters. The molecule has 0 spiro atoms. The lowest BCUT2D eigenvalue weighted by atomic mass is 9.82. The Bertz CT molecular complexity index is 465.